The van der Waals surface area contributed by atoms with E-state index in [4.69, 9.17) is 0 Å². The highest BCUT2D eigenvalue weighted by Gasteiger charge is 2.13. The summed E-state index contributed by atoms with van der Waals surface area (Å²) in [5.74, 6) is -0.629. The van der Waals surface area contributed by atoms with Crippen LogP contribution >= 0.6 is 34.9 Å². The normalized spacial score (nSPS) is 11.0. The molecule has 1 heterocycles. The van der Waals surface area contributed by atoms with Gasteiger partial charge in [0.2, 0.25) is 4.34 Å². The van der Waals surface area contributed by atoms with Gasteiger partial charge in [0.05, 0.1) is 17.9 Å². The van der Waals surface area contributed by atoms with Gasteiger partial charge >= 0.3 is 4.34 Å². The Morgan fingerprint density at radius 3 is 2.73 bits per heavy atom. The van der Waals surface area contributed by atoms with Crippen molar-refractivity contribution in [2.45, 2.75) is 21.4 Å². The third-order valence-electron chi connectivity index (χ3n) is 3.81. The molecule has 0 saturated heterocycles. The van der Waals surface area contributed by atoms with Crippen LogP contribution in [0.5, 0.6) is 0 Å². The molecule has 30 heavy (non-hydrogen) atoms. The zero-order chi connectivity index (χ0) is 21.3. The number of hydrogen-bond acceptors (Lipinski definition) is 8. The summed E-state index contributed by atoms with van der Waals surface area (Å²) in [5, 5.41) is 22.1. The van der Waals surface area contributed by atoms with Crippen molar-refractivity contribution >= 4 is 53.0 Å². The monoisotopic (exact) mass is 458 g/mol. The van der Waals surface area contributed by atoms with E-state index in [9.17, 15) is 14.7 Å². The van der Waals surface area contributed by atoms with Gasteiger partial charge in [-0.1, -0.05) is 71.0 Å². The van der Waals surface area contributed by atoms with E-state index in [1.54, 1.807) is 30.0 Å². The zero-order valence-electron chi connectivity index (χ0n) is 16.0. The molecule has 0 spiro atoms. The van der Waals surface area contributed by atoms with Crippen LogP contribution < -0.4 is 15.6 Å². The number of amides is 1. The highest BCUT2D eigenvalue weighted by atomic mass is 32.2. The molecule has 0 unspecified atom stereocenters. The summed E-state index contributed by atoms with van der Waals surface area (Å²) in [5.41, 5.74) is 5.22. The molecule has 2 N–H and O–H groups in total. The average Bonchev–Trinajstić information content (AvgIpc) is 3.20. The third-order valence-corrected chi connectivity index (χ3v) is 7.13. The second kappa shape index (κ2) is 10.9. The molecule has 154 valence electrons. The Bertz CT molecular complexity index is 1050. The van der Waals surface area contributed by atoms with Crippen LogP contribution in [-0.4, -0.2) is 28.9 Å². The van der Waals surface area contributed by atoms with Crippen molar-refractivity contribution in [3.63, 3.8) is 0 Å². The van der Waals surface area contributed by atoms with Crippen LogP contribution in [0.2, 0.25) is 0 Å². The molecule has 7 nitrogen and oxygen atoms in total. The summed E-state index contributed by atoms with van der Waals surface area (Å²) in [7, 11) is 0. The molecular weight excluding hydrogens is 440 g/mol. The number of nitrogens with one attached hydrogen (secondary N) is 2. The van der Waals surface area contributed by atoms with Gasteiger partial charge in [-0.2, -0.15) is 5.10 Å². The van der Waals surface area contributed by atoms with Crippen LogP contribution in [0, 0.1) is 6.92 Å². The molecule has 3 aromatic rings. The predicted molar refractivity (Wildman–Crippen MR) is 117 cm³/mol. The molecule has 1 amide bonds. The number of carbonyl (C=O) groups is 2. The van der Waals surface area contributed by atoms with Crippen molar-refractivity contribution in [2.24, 2.45) is 5.10 Å². The average molecular weight is 459 g/mol. The molecule has 0 atom stereocenters. The summed E-state index contributed by atoms with van der Waals surface area (Å²) in [6, 6.07) is 14.7. The number of carboxylic acids is 1. The van der Waals surface area contributed by atoms with Gasteiger partial charge in [-0.15, -0.1) is 0 Å². The number of aryl methyl sites for hydroxylation is 1. The van der Waals surface area contributed by atoms with E-state index >= 15 is 0 Å². The molecular formula is C20H18N4O3S3. The zero-order valence-corrected chi connectivity index (χ0v) is 18.4. The van der Waals surface area contributed by atoms with Gasteiger partial charge in [0, 0.05) is 22.0 Å². The number of thioether (sulfide) groups is 2. The molecule has 2 aromatic carbocycles. The molecule has 3 rings (SSSR count). The van der Waals surface area contributed by atoms with E-state index in [1.807, 2.05) is 0 Å². The number of rotatable bonds is 9. The van der Waals surface area contributed by atoms with Crippen molar-refractivity contribution in [3.8, 4) is 0 Å². The molecule has 10 heteroatoms. The Balaban J connectivity index is 1.44. The van der Waals surface area contributed by atoms with E-state index in [1.165, 1.54) is 46.5 Å². The van der Waals surface area contributed by atoms with Crippen molar-refractivity contribution < 1.29 is 19.8 Å². The minimum absolute atomic E-state index is 0.0128. The number of carbonyl (C=O) groups excluding carboxylic acids is 2. The van der Waals surface area contributed by atoms with Crippen LogP contribution in [-0.2, 0) is 10.5 Å². The maximum Gasteiger partial charge on any atom is 0.323 e. The maximum absolute atomic E-state index is 12.0. The Morgan fingerprint density at radius 1 is 1.20 bits per heavy atom. The third kappa shape index (κ3) is 6.68. The topological polar surface area (TPSA) is 109 Å². The molecule has 1 aromatic heterocycles. The summed E-state index contributed by atoms with van der Waals surface area (Å²) >= 11 is 4.45. The standard InChI is InChI=1S/C20H18N4O3S3/c1-13-6-8-14(9-7-13)11-28-19-23-24-20(30-19)29-12-17(25)22-21-10-15-4-2-3-5-16(15)18(26)27/h2-10H,11-12H2,1H3,(H,22,25)(H,26,27). The number of benzene rings is 2. The minimum atomic E-state index is -1.30. The second-order valence-electron chi connectivity index (χ2n) is 6.11. The fourth-order valence-corrected chi connectivity index (χ4v) is 5.14. The fraction of sp³-hybridized carbons (Fsp3) is 0.150. The number of aromatic amines is 1. The molecule has 0 fully saturated rings. The van der Waals surface area contributed by atoms with Gasteiger partial charge in [0.1, 0.15) is 0 Å². The van der Waals surface area contributed by atoms with E-state index < -0.39 is 5.97 Å². The molecule has 0 saturated carbocycles. The lowest BCUT2D eigenvalue weighted by atomic mass is 10.1. The van der Waals surface area contributed by atoms with E-state index in [-0.39, 0.29) is 17.2 Å². The first kappa shape index (κ1) is 22.0. The summed E-state index contributed by atoms with van der Waals surface area (Å²) < 4.78 is 1.72. The maximum atomic E-state index is 12.0. The Kier molecular flexibility index (Phi) is 8.00. The van der Waals surface area contributed by atoms with Crippen molar-refractivity contribution in [1.29, 1.82) is 0 Å². The first-order chi connectivity index (χ1) is 14.5. The number of nitrogens with zero attached hydrogens (tertiary/aromatic N) is 2. The second-order valence-corrected chi connectivity index (χ2v) is 9.58. The molecule has 0 aliphatic heterocycles. The van der Waals surface area contributed by atoms with Crippen molar-refractivity contribution in [1.82, 2.24) is 10.5 Å². The molecule has 0 aliphatic carbocycles. The number of carboxylic acid groups (broad SMARTS) is 1. The van der Waals surface area contributed by atoms with Crippen LogP contribution in [0.1, 0.15) is 27.0 Å². The summed E-state index contributed by atoms with van der Waals surface area (Å²) in [6.45, 7) is 2.06. The summed E-state index contributed by atoms with van der Waals surface area (Å²) in [6.07, 6.45) is 1.28. The summed E-state index contributed by atoms with van der Waals surface area (Å²) in [4.78, 5) is 23.0. The molecule has 0 bridgehead atoms. The van der Waals surface area contributed by atoms with Crippen LogP contribution in [0.15, 0.2) is 62.3 Å². The highest BCUT2D eigenvalue weighted by molar-refractivity contribution is 8.03. The number of aromatic nitrogens is 2. The molecule has 0 radical (unpaired) electrons. The van der Waals surface area contributed by atoms with Gasteiger partial charge < -0.3 is 9.90 Å². The van der Waals surface area contributed by atoms with Gasteiger partial charge in [0.15, 0.2) is 0 Å². The SMILES string of the molecule is Cc1ccc(CSc2[nH+]nc(SCC(=O)NN=Cc3ccccc3C(=O)[O-])s2)cc1. The first-order valence-corrected chi connectivity index (χ1v) is 11.6. The fourth-order valence-electron chi connectivity index (χ4n) is 2.30. The van der Waals surface area contributed by atoms with Gasteiger partial charge in [-0.3, -0.25) is 4.79 Å². The lowest BCUT2D eigenvalue weighted by molar-refractivity contribution is -0.492. The lowest BCUT2D eigenvalue weighted by Crippen LogP contribution is -2.24. The Hall–Kier alpha value is -2.69. The highest BCUT2D eigenvalue weighted by Crippen LogP contribution is 2.28. The smallest absolute Gasteiger partial charge is 0.323 e. The van der Waals surface area contributed by atoms with Crippen LogP contribution in [0.25, 0.3) is 0 Å². The van der Waals surface area contributed by atoms with E-state index in [2.05, 4.69) is 51.9 Å². The van der Waals surface area contributed by atoms with Crippen molar-refractivity contribution in [2.75, 3.05) is 5.75 Å². The first-order valence-electron chi connectivity index (χ1n) is 8.83. The largest absolute Gasteiger partial charge is 0.545 e. The predicted octanol–water partition coefficient (Wildman–Crippen LogP) is 2.16. The van der Waals surface area contributed by atoms with Gasteiger partial charge in [0.25, 0.3) is 5.91 Å². The number of hydrogen-bond donors (Lipinski definition) is 1. The van der Waals surface area contributed by atoms with Crippen LogP contribution in [0.3, 0.4) is 0 Å². The van der Waals surface area contributed by atoms with Gasteiger partial charge in [-0.05, 0) is 35.6 Å². The minimum Gasteiger partial charge on any atom is -0.545 e. The number of hydrazone groups is 1. The quantitative estimate of drug-likeness (QED) is 0.299. The van der Waals surface area contributed by atoms with Crippen LogP contribution in [0.4, 0.5) is 0 Å². The Morgan fingerprint density at radius 2 is 1.97 bits per heavy atom. The Labute approximate surface area is 186 Å². The lowest BCUT2D eigenvalue weighted by Gasteiger charge is -2.05. The van der Waals surface area contributed by atoms with E-state index in [0.29, 0.717) is 5.56 Å². The number of aromatic carboxylic acids is 1. The van der Waals surface area contributed by atoms with Gasteiger partial charge in [-0.25, -0.2) is 5.43 Å². The molecule has 0 aliphatic rings. The number of H-pyrrole nitrogens is 1. The van der Waals surface area contributed by atoms with E-state index in [0.717, 1.165) is 14.4 Å². The van der Waals surface area contributed by atoms with Crippen molar-refractivity contribution in [3.05, 3.63) is 70.8 Å².